The molecule has 13 heavy (non-hydrogen) atoms. The Morgan fingerprint density at radius 1 is 1.54 bits per heavy atom. The van der Waals surface area contributed by atoms with Crippen molar-refractivity contribution in [2.75, 3.05) is 6.26 Å². The summed E-state index contributed by atoms with van der Waals surface area (Å²) in [7, 11) is 0. The highest BCUT2D eigenvalue weighted by molar-refractivity contribution is 7.98. The number of aryl methyl sites for hydroxylation is 1. The standard InChI is InChI=1S/C9H9FO2S/c1-5-3-8(13-2)7(10)4-6(5)9(11)12/h3-4H,1-2H3,(H,11,12). The molecule has 0 aliphatic carbocycles. The molecule has 4 heteroatoms. The maximum atomic E-state index is 13.1. The van der Waals surface area contributed by atoms with Crippen LogP contribution in [0.15, 0.2) is 17.0 Å². The lowest BCUT2D eigenvalue weighted by Gasteiger charge is -2.04. The van der Waals surface area contributed by atoms with Gasteiger partial charge in [-0.2, -0.15) is 0 Å². The summed E-state index contributed by atoms with van der Waals surface area (Å²) in [6, 6.07) is 2.60. The fourth-order valence-corrected chi connectivity index (χ4v) is 1.59. The third-order valence-corrected chi connectivity index (χ3v) is 2.48. The highest BCUT2D eigenvalue weighted by Gasteiger charge is 2.11. The van der Waals surface area contributed by atoms with Crippen molar-refractivity contribution in [2.45, 2.75) is 11.8 Å². The van der Waals surface area contributed by atoms with Crippen molar-refractivity contribution in [1.29, 1.82) is 0 Å². The van der Waals surface area contributed by atoms with Crippen LogP contribution in [0, 0.1) is 12.7 Å². The molecule has 1 aromatic rings. The van der Waals surface area contributed by atoms with Gasteiger partial charge in [-0.15, -0.1) is 11.8 Å². The number of carboxylic acid groups (broad SMARTS) is 1. The zero-order valence-electron chi connectivity index (χ0n) is 7.30. The summed E-state index contributed by atoms with van der Waals surface area (Å²) in [6.45, 7) is 1.66. The van der Waals surface area contributed by atoms with Gasteiger partial charge in [0.25, 0.3) is 0 Å². The van der Waals surface area contributed by atoms with E-state index in [4.69, 9.17) is 5.11 Å². The van der Waals surface area contributed by atoms with E-state index in [2.05, 4.69) is 0 Å². The van der Waals surface area contributed by atoms with Crippen LogP contribution in [0.1, 0.15) is 15.9 Å². The topological polar surface area (TPSA) is 37.3 Å². The van der Waals surface area contributed by atoms with Gasteiger partial charge in [-0.05, 0) is 30.9 Å². The second-order valence-electron chi connectivity index (χ2n) is 2.61. The Bertz CT molecular complexity index is 350. The average Bonchev–Trinajstić information content (AvgIpc) is 2.07. The van der Waals surface area contributed by atoms with Crippen LogP contribution in [0.3, 0.4) is 0 Å². The maximum absolute atomic E-state index is 13.1. The van der Waals surface area contributed by atoms with Crippen LogP contribution in [0.4, 0.5) is 4.39 Å². The minimum absolute atomic E-state index is 0.0234. The molecule has 0 spiro atoms. The molecule has 70 valence electrons. The summed E-state index contributed by atoms with van der Waals surface area (Å²) in [4.78, 5) is 11.1. The largest absolute Gasteiger partial charge is 0.478 e. The van der Waals surface area contributed by atoms with Crippen molar-refractivity contribution >= 4 is 17.7 Å². The number of halogens is 1. The van der Waals surface area contributed by atoms with E-state index in [1.165, 1.54) is 11.8 Å². The van der Waals surface area contributed by atoms with Gasteiger partial charge in [-0.3, -0.25) is 0 Å². The van der Waals surface area contributed by atoms with E-state index >= 15 is 0 Å². The fraction of sp³-hybridized carbons (Fsp3) is 0.222. The van der Waals surface area contributed by atoms with Gasteiger partial charge >= 0.3 is 5.97 Å². The SMILES string of the molecule is CSc1cc(C)c(C(=O)O)cc1F. The molecule has 1 N–H and O–H groups in total. The first-order chi connectivity index (χ1) is 6.06. The second kappa shape index (κ2) is 3.79. The van der Waals surface area contributed by atoms with E-state index in [9.17, 15) is 9.18 Å². The van der Waals surface area contributed by atoms with E-state index in [0.29, 0.717) is 10.5 Å². The predicted molar refractivity (Wildman–Crippen MR) is 49.9 cm³/mol. The van der Waals surface area contributed by atoms with Crippen molar-refractivity contribution in [3.63, 3.8) is 0 Å². The summed E-state index contributed by atoms with van der Waals surface area (Å²) in [6.07, 6.45) is 1.75. The Morgan fingerprint density at radius 2 is 2.15 bits per heavy atom. The van der Waals surface area contributed by atoms with Gasteiger partial charge in [0.05, 0.1) is 5.56 Å². The molecule has 1 rings (SSSR count). The summed E-state index contributed by atoms with van der Waals surface area (Å²) in [5.74, 6) is -1.57. The summed E-state index contributed by atoms with van der Waals surface area (Å²) in [5, 5.41) is 8.68. The third-order valence-electron chi connectivity index (χ3n) is 1.73. The molecule has 0 aliphatic rings. The van der Waals surface area contributed by atoms with Crippen molar-refractivity contribution in [1.82, 2.24) is 0 Å². The van der Waals surface area contributed by atoms with Gasteiger partial charge in [0.1, 0.15) is 5.82 Å². The van der Waals surface area contributed by atoms with Crippen molar-refractivity contribution in [3.8, 4) is 0 Å². The normalized spacial score (nSPS) is 10.1. The minimum Gasteiger partial charge on any atom is -0.478 e. The van der Waals surface area contributed by atoms with E-state index in [0.717, 1.165) is 6.07 Å². The van der Waals surface area contributed by atoms with Crippen molar-refractivity contribution in [3.05, 3.63) is 29.1 Å². The molecule has 0 aliphatic heterocycles. The van der Waals surface area contributed by atoms with Gasteiger partial charge < -0.3 is 5.11 Å². The molecule has 0 aromatic heterocycles. The summed E-state index contributed by atoms with van der Waals surface area (Å²) in [5.41, 5.74) is 0.605. The van der Waals surface area contributed by atoms with Crippen LogP contribution in [0.25, 0.3) is 0 Å². The van der Waals surface area contributed by atoms with Crippen LogP contribution in [-0.4, -0.2) is 17.3 Å². The van der Waals surface area contributed by atoms with Gasteiger partial charge in [-0.1, -0.05) is 0 Å². The molecule has 0 amide bonds. The Labute approximate surface area is 79.8 Å². The molecule has 0 unspecified atom stereocenters. The molecule has 1 aromatic carbocycles. The van der Waals surface area contributed by atoms with E-state index in [-0.39, 0.29) is 5.56 Å². The molecular weight excluding hydrogens is 191 g/mol. The van der Waals surface area contributed by atoms with Crippen LogP contribution >= 0.6 is 11.8 Å². The Balaban J connectivity index is 3.28. The monoisotopic (exact) mass is 200 g/mol. The van der Waals surface area contributed by atoms with E-state index in [1.54, 1.807) is 19.2 Å². The second-order valence-corrected chi connectivity index (χ2v) is 3.45. The lowest BCUT2D eigenvalue weighted by molar-refractivity contribution is 0.0695. The van der Waals surface area contributed by atoms with Crippen molar-refractivity contribution in [2.24, 2.45) is 0 Å². The zero-order valence-corrected chi connectivity index (χ0v) is 8.11. The molecule has 0 fully saturated rings. The highest BCUT2D eigenvalue weighted by atomic mass is 32.2. The van der Waals surface area contributed by atoms with Crippen LogP contribution in [0.5, 0.6) is 0 Å². The number of benzene rings is 1. The lowest BCUT2D eigenvalue weighted by Crippen LogP contribution is -2.01. The lowest BCUT2D eigenvalue weighted by atomic mass is 10.1. The molecule has 2 nitrogen and oxygen atoms in total. The Hall–Kier alpha value is -1.03. The minimum atomic E-state index is -1.09. The van der Waals surface area contributed by atoms with E-state index in [1.807, 2.05) is 0 Å². The Kier molecular flexibility index (Phi) is 2.93. The number of rotatable bonds is 2. The zero-order chi connectivity index (χ0) is 10.0. The highest BCUT2D eigenvalue weighted by Crippen LogP contribution is 2.22. The first-order valence-electron chi connectivity index (χ1n) is 3.63. The van der Waals surface area contributed by atoms with E-state index < -0.39 is 11.8 Å². The molecule has 0 saturated heterocycles. The molecule has 0 saturated carbocycles. The van der Waals surface area contributed by atoms with Crippen LogP contribution < -0.4 is 0 Å². The van der Waals surface area contributed by atoms with Crippen LogP contribution in [-0.2, 0) is 0 Å². The number of carbonyl (C=O) groups is 1. The predicted octanol–water partition coefficient (Wildman–Crippen LogP) is 2.55. The summed E-state index contributed by atoms with van der Waals surface area (Å²) < 4.78 is 13.1. The molecular formula is C9H9FO2S. The number of thioether (sulfide) groups is 1. The van der Waals surface area contributed by atoms with Gasteiger partial charge in [0, 0.05) is 4.90 Å². The first-order valence-corrected chi connectivity index (χ1v) is 4.86. The fourth-order valence-electron chi connectivity index (χ4n) is 1.04. The smallest absolute Gasteiger partial charge is 0.336 e. The number of hydrogen-bond acceptors (Lipinski definition) is 2. The third kappa shape index (κ3) is 2.01. The Morgan fingerprint density at radius 3 is 2.62 bits per heavy atom. The number of aromatic carboxylic acids is 1. The molecule has 0 heterocycles. The van der Waals surface area contributed by atoms with Gasteiger partial charge in [-0.25, -0.2) is 9.18 Å². The quantitative estimate of drug-likeness (QED) is 0.745. The van der Waals surface area contributed by atoms with Gasteiger partial charge in [0.15, 0.2) is 0 Å². The van der Waals surface area contributed by atoms with Gasteiger partial charge in [0.2, 0.25) is 0 Å². The maximum Gasteiger partial charge on any atom is 0.336 e. The summed E-state index contributed by atoms with van der Waals surface area (Å²) >= 11 is 1.26. The molecule has 0 atom stereocenters. The number of hydrogen-bond donors (Lipinski definition) is 1. The van der Waals surface area contributed by atoms with Crippen molar-refractivity contribution < 1.29 is 14.3 Å². The first kappa shape index (κ1) is 10.1. The molecule has 0 radical (unpaired) electrons. The molecule has 0 bridgehead atoms. The number of carboxylic acids is 1. The van der Waals surface area contributed by atoms with Crippen LogP contribution in [0.2, 0.25) is 0 Å². The average molecular weight is 200 g/mol.